The van der Waals surface area contributed by atoms with Crippen LogP contribution in [0.2, 0.25) is 0 Å². The number of hydrogen-bond donors (Lipinski definition) is 0. The molecule has 2 saturated carbocycles. The maximum absolute atomic E-state index is 10.8. The Morgan fingerprint density at radius 3 is 1.56 bits per heavy atom. The highest BCUT2D eigenvalue weighted by Gasteiger charge is 2.31. The summed E-state index contributed by atoms with van der Waals surface area (Å²) in [7, 11) is 0. The summed E-state index contributed by atoms with van der Waals surface area (Å²) >= 11 is 3.16. The zero-order valence-corrected chi connectivity index (χ0v) is 28.6. The van der Waals surface area contributed by atoms with Crippen molar-refractivity contribution < 1.29 is 14.3 Å². The molecule has 0 N–H and O–H groups in total. The van der Waals surface area contributed by atoms with Gasteiger partial charge in [0.1, 0.15) is 11.5 Å². The quantitative estimate of drug-likeness (QED) is 0.208. The summed E-state index contributed by atoms with van der Waals surface area (Å²) in [4.78, 5) is 19.7. The molecule has 5 nitrogen and oxygen atoms in total. The Hall–Kier alpha value is -2.51. The molecule has 0 spiro atoms. The first-order valence-electron chi connectivity index (χ1n) is 15.9. The first-order valence-corrected chi connectivity index (χ1v) is 17.6. The van der Waals surface area contributed by atoms with Crippen LogP contribution in [0.4, 0.5) is 0 Å². The number of aldehydes is 1. The molecule has 2 aromatic carbocycles. The van der Waals surface area contributed by atoms with E-state index >= 15 is 0 Å². The van der Waals surface area contributed by atoms with Crippen molar-refractivity contribution in [3.05, 3.63) is 46.4 Å². The fraction of sp³-hybridized carbons (Fsp3) is 0.583. The van der Waals surface area contributed by atoms with Crippen LogP contribution in [-0.2, 0) is 0 Å². The number of ether oxygens (including phenoxy) is 2. The van der Waals surface area contributed by atoms with Gasteiger partial charge in [0.2, 0.25) is 0 Å². The van der Waals surface area contributed by atoms with Crippen LogP contribution in [0, 0.1) is 29.6 Å². The standard InChI is InChI=1S/C18H23NO2S.C18H25NOS/c1-18(2,3)12-4-6-13(7-5-12)21-14-8-9-16-15(10-14)19-17(11-20)22-16;1-12-19-16-11-15(9-10-17(16)21-12)20-14-7-5-13(6-8-14)18(2,3)4/h8-13H,4-7H2,1-3H3;9-11,13-14H,5-8H2,1-4H3. The van der Waals surface area contributed by atoms with Crippen molar-refractivity contribution in [1.82, 2.24) is 9.97 Å². The number of thiazole rings is 2. The second-order valence-electron chi connectivity index (χ2n) is 14.6. The van der Waals surface area contributed by atoms with Crippen LogP contribution in [0.25, 0.3) is 20.4 Å². The second-order valence-corrected chi connectivity index (χ2v) is 16.9. The average Bonchev–Trinajstić information content (AvgIpc) is 3.54. The van der Waals surface area contributed by atoms with Gasteiger partial charge in [-0.25, -0.2) is 9.97 Å². The summed E-state index contributed by atoms with van der Waals surface area (Å²) in [5.41, 5.74) is 2.75. The lowest BCUT2D eigenvalue weighted by Gasteiger charge is -2.36. The fourth-order valence-electron chi connectivity index (χ4n) is 6.62. The minimum absolute atomic E-state index is 0.306. The Morgan fingerprint density at radius 1 is 0.674 bits per heavy atom. The van der Waals surface area contributed by atoms with Crippen LogP contribution in [0.1, 0.15) is 108 Å². The Bertz CT molecular complexity index is 1510. The van der Waals surface area contributed by atoms with Gasteiger partial charge in [-0.05, 0) is 105 Å². The Labute approximate surface area is 265 Å². The number of aryl methyl sites for hydroxylation is 1. The molecule has 0 amide bonds. The van der Waals surface area contributed by atoms with E-state index in [0.717, 1.165) is 63.2 Å². The maximum atomic E-state index is 10.8. The molecule has 232 valence electrons. The van der Waals surface area contributed by atoms with Crippen LogP contribution in [0.3, 0.4) is 0 Å². The van der Waals surface area contributed by atoms with Crippen molar-refractivity contribution in [2.45, 2.75) is 112 Å². The highest BCUT2D eigenvalue weighted by molar-refractivity contribution is 7.20. The number of aromatic nitrogens is 2. The van der Waals surface area contributed by atoms with Gasteiger partial charge in [-0.1, -0.05) is 41.5 Å². The third-order valence-corrected chi connectivity index (χ3v) is 11.3. The maximum Gasteiger partial charge on any atom is 0.178 e. The van der Waals surface area contributed by atoms with Gasteiger partial charge in [0, 0.05) is 12.1 Å². The monoisotopic (exact) mass is 620 g/mol. The third kappa shape index (κ3) is 8.36. The minimum Gasteiger partial charge on any atom is -0.490 e. The van der Waals surface area contributed by atoms with Crippen LogP contribution < -0.4 is 9.47 Å². The molecule has 6 rings (SSSR count). The number of rotatable bonds is 5. The van der Waals surface area contributed by atoms with Crippen LogP contribution in [-0.4, -0.2) is 28.5 Å². The zero-order valence-electron chi connectivity index (χ0n) is 26.9. The van der Waals surface area contributed by atoms with Crippen LogP contribution in [0.15, 0.2) is 36.4 Å². The number of fused-ring (bicyclic) bond motifs is 2. The minimum atomic E-state index is 0.306. The fourth-order valence-corrected chi connectivity index (χ4v) is 8.19. The van der Waals surface area contributed by atoms with E-state index in [4.69, 9.17) is 9.47 Å². The summed E-state index contributed by atoms with van der Waals surface area (Å²) in [6, 6.07) is 12.3. The molecule has 0 radical (unpaired) electrons. The highest BCUT2D eigenvalue weighted by Crippen LogP contribution is 2.40. The number of nitrogens with zero attached hydrogens (tertiary/aromatic N) is 2. The second kappa shape index (κ2) is 13.2. The van der Waals surface area contributed by atoms with Crippen molar-refractivity contribution in [3.8, 4) is 11.5 Å². The summed E-state index contributed by atoms with van der Waals surface area (Å²) in [5, 5.41) is 1.64. The van der Waals surface area contributed by atoms with Gasteiger partial charge in [-0.2, -0.15) is 0 Å². The van der Waals surface area contributed by atoms with E-state index in [1.54, 1.807) is 11.3 Å². The predicted octanol–water partition coefficient (Wildman–Crippen LogP) is 10.7. The summed E-state index contributed by atoms with van der Waals surface area (Å²) < 4.78 is 14.6. The van der Waals surface area contributed by atoms with Crippen molar-refractivity contribution in [2.75, 3.05) is 0 Å². The normalized spacial score (nSPS) is 23.0. The molecular weight excluding hydrogens is 573 g/mol. The SMILES string of the molecule is CC(C)(C)C1CCC(Oc2ccc3sc(C=O)nc3c2)CC1.Cc1nc2cc(OC3CCC(C(C)(C)C)CC3)ccc2s1. The molecule has 2 fully saturated rings. The first-order chi connectivity index (χ1) is 20.4. The van der Waals surface area contributed by atoms with E-state index < -0.39 is 0 Å². The van der Waals surface area contributed by atoms with E-state index in [-0.39, 0.29) is 0 Å². The number of hydrogen-bond acceptors (Lipinski definition) is 7. The molecule has 2 aromatic heterocycles. The molecule has 2 heterocycles. The molecule has 0 bridgehead atoms. The van der Waals surface area contributed by atoms with Gasteiger partial charge in [0.25, 0.3) is 0 Å². The van der Waals surface area contributed by atoms with Gasteiger partial charge in [-0.3, -0.25) is 4.79 Å². The summed E-state index contributed by atoms with van der Waals surface area (Å²) in [6.07, 6.45) is 11.1. The molecule has 0 aliphatic heterocycles. The molecule has 43 heavy (non-hydrogen) atoms. The Balaban J connectivity index is 0.000000171. The largest absolute Gasteiger partial charge is 0.490 e. The predicted molar refractivity (Wildman–Crippen MR) is 181 cm³/mol. The number of carbonyl (C=O) groups excluding carboxylic acids is 1. The highest BCUT2D eigenvalue weighted by atomic mass is 32.1. The Morgan fingerprint density at radius 2 is 1.12 bits per heavy atom. The number of carbonyl (C=O) groups is 1. The van der Waals surface area contributed by atoms with E-state index in [2.05, 4.69) is 76.6 Å². The molecule has 2 aliphatic rings. The van der Waals surface area contributed by atoms with E-state index in [1.807, 2.05) is 18.2 Å². The molecular formula is C36H48N2O3S2. The summed E-state index contributed by atoms with van der Waals surface area (Å²) in [6.45, 7) is 16.1. The van der Waals surface area contributed by atoms with Crippen molar-refractivity contribution >= 4 is 49.4 Å². The van der Waals surface area contributed by atoms with E-state index in [0.29, 0.717) is 28.0 Å². The third-order valence-electron chi connectivity index (χ3n) is 9.35. The first kappa shape index (κ1) is 31.9. The lowest BCUT2D eigenvalue weighted by atomic mass is 9.72. The van der Waals surface area contributed by atoms with E-state index in [9.17, 15) is 4.79 Å². The molecule has 0 saturated heterocycles. The van der Waals surface area contributed by atoms with Gasteiger partial charge in [0.15, 0.2) is 11.3 Å². The lowest BCUT2D eigenvalue weighted by Crippen LogP contribution is -2.30. The van der Waals surface area contributed by atoms with Gasteiger partial charge >= 0.3 is 0 Å². The van der Waals surface area contributed by atoms with Crippen molar-refractivity contribution in [3.63, 3.8) is 0 Å². The van der Waals surface area contributed by atoms with Crippen molar-refractivity contribution in [1.29, 1.82) is 0 Å². The van der Waals surface area contributed by atoms with Gasteiger partial charge in [0.05, 0.1) is 37.6 Å². The van der Waals surface area contributed by atoms with E-state index in [1.165, 1.54) is 54.6 Å². The average molecular weight is 621 g/mol. The van der Waals surface area contributed by atoms with Gasteiger partial charge < -0.3 is 9.47 Å². The van der Waals surface area contributed by atoms with Crippen LogP contribution in [0.5, 0.6) is 11.5 Å². The van der Waals surface area contributed by atoms with Crippen molar-refractivity contribution in [2.24, 2.45) is 22.7 Å². The summed E-state index contributed by atoms with van der Waals surface area (Å²) in [5.74, 6) is 3.48. The lowest BCUT2D eigenvalue weighted by molar-refractivity contribution is 0.0881. The molecule has 2 aliphatic carbocycles. The van der Waals surface area contributed by atoms with Crippen LogP contribution >= 0.6 is 22.7 Å². The molecule has 7 heteroatoms. The number of benzene rings is 2. The Kier molecular flexibility index (Phi) is 9.82. The topological polar surface area (TPSA) is 61.3 Å². The molecule has 4 aromatic rings. The smallest absolute Gasteiger partial charge is 0.178 e. The zero-order chi connectivity index (χ0) is 30.8. The molecule has 0 atom stereocenters. The molecule has 0 unspecified atom stereocenters. The van der Waals surface area contributed by atoms with Gasteiger partial charge in [-0.15, -0.1) is 22.7 Å².